The molecule has 0 amide bonds. The second-order valence-electron chi connectivity index (χ2n) is 3.18. The number of hydrogen-bond acceptors (Lipinski definition) is 0. The number of hydrogen-bond donors (Lipinski definition) is 0. The predicted octanol–water partition coefficient (Wildman–Crippen LogP) is 4.54. The van der Waals surface area contributed by atoms with E-state index >= 15 is 0 Å². The van der Waals surface area contributed by atoms with Crippen molar-refractivity contribution in [2.75, 3.05) is 0 Å². The van der Waals surface area contributed by atoms with Crippen molar-refractivity contribution >= 4 is 17.2 Å². The van der Waals surface area contributed by atoms with Crippen molar-refractivity contribution in [2.24, 2.45) is 0 Å². The molecule has 70 valence electrons. The van der Waals surface area contributed by atoms with E-state index in [4.69, 9.17) is 11.6 Å². The third kappa shape index (κ3) is 3.23. The Kier molecular flexibility index (Phi) is 4.04. The molecule has 0 atom stereocenters. The number of rotatable bonds is 3. The second kappa shape index (κ2) is 5.08. The summed E-state index contributed by atoms with van der Waals surface area (Å²) >= 11 is 5.80. The maximum Gasteiger partial charge on any atom is 0.0406 e. The fourth-order valence-electron chi connectivity index (χ4n) is 1.19. The van der Waals surface area contributed by atoms with Crippen molar-refractivity contribution < 1.29 is 0 Å². The first-order chi connectivity index (χ1) is 6.24. The Morgan fingerprint density at radius 3 is 2.46 bits per heavy atom. The van der Waals surface area contributed by atoms with Gasteiger partial charge in [-0.15, -0.1) is 0 Å². The van der Waals surface area contributed by atoms with Gasteiger partial charge < -0.3 is 0 Å². The van der Waals surface area contributed by atoms with Gasteiger partial charge in [-0.25, -0.2) is 0 Å². The van der Waals surface area contributed by atoms with E-state index in [2.05, 4.69) is 32.1 Å². The first kappa shape index (κ1) is 10.3. The Bertz CT molecular complexity index is 282. The first-order valence-electron chi connectivity index (χ1n) is 4.66. The van der Waals surface area contributed by atoms with Gasteiger partial charge in [0, 0.05) is 5.02 Å². The lowest BCUT2D eigenvalue weighted by Gasteiger charge is -2.00. The SMILES string of the molecule is CCCC=C(C)c1ccc(Cl)cc1. The molecule has 1 aromatic rings. The van der Waals surface area contributed by atoms with Gasteiger partial charge in [-0.3, -0.25) is 0 Å². The molecule has 1 heteroatoms. The van der Waals surface area contributed by atoms with Crippen LogP contribution in [0.1, 0.15) is 32.3 Å². The Labute approximate surface area is 85.2 Å². The highest BCUT2D eigenvalue weighted by molar-refractivity contribution is 6.30. The van der Waals surface area contributed by atoms with Crippen LogP contribution in [0.15, 0.2) is 30.3 Å². The van der Waals surface area contributed by atoms with Gasteiger partial charge in [0.1, 0.15) is 0 Å². The van der Waals surface area contributed by atoms with E-state index in [1.165, 1.54) is 17.6 Å². The highest BCUT2D eigenvalue weighted by atomic mass is 35.5. The van der Waals surface area contributed by atoms with Crippen molar-refractivity contribution in [3.8, 4) is 0 Å². The van der Waals surface area contributed by atoms with Gasteiger partial charge in [0.25, 0.3) is 0 Å². The third-order valence-corrected chi connectivity index (χ3v) is 2.29. The second-order valence-corrected chi connectivity index (χ2v) is 3.62. The van der Waals surface area contributed by atoms with E-state index in [1.807, 2.05) is 12.1 Å². The maximum absolute atomic E-state index is 5.80. The van der Waals surface area contributed by atoms with Crippen molar-refractivity contribution in [3.63, 3.8) is 0 Å². The summed E-state index contributed by atoms with van der Waals surface area (Å²) in [5, 5.41) is 0.798. The molecule has 0 heterocycles. The maximum atomic E-state index is 5.80. The van der Waals surface area contributed by atoms with Gasteiger partial charge in [0.05, 0.1) is 0 Å². The van der Waals surface area contributed by atoms with E-state index in [9.17, 15) is 0 Å². The lowest BCUT2D eigenvalue weighted by Crippen LogP contribution is -1.78. The molecule has 1 aromatic carbocycles. The van der Waals surface area contributed by atoms with Gasteiger partial charge in [-0.2, -0.15) is 0 Å². The summed E-state index contributed by atoms with van der Waals surface area (Å²) in [6.07, 6.45) is 4.61. The fourth-order valence-corrected chi connectivity index (χ4v) is 1.32. The Balaban J connectivity index is 2.77. The molecule has 0 bridgehead atoms. The molecule has 0 unspecified atom stereocenters. The number of halogens is 1. The highest BCUT2D eigenvalue weighted by Crippen LogP contribution is 2.17. The zero-order valence-corrected chi connectivity index (χ0v) is 8.93. The van der Waals surface area contributed by atoms with E-state index in [-0.39, 0.29) is 0 Å². The van der Waals surface area contributed by atoms with Crippen LogP contribution >= 0.6 is 11.6 Å². The molecule has 13 heavy (non-hydrogen) atoms. The molecule has 0 fully saturated rings. The van der Waals surface area contributed by atoms with Crippen molar-refractivity contribution in [1.82, 2.24) is 0 Å². The normalized spacial score (nSPS) is 11.8. The van der Waals surface area contributed by atoms with Crippen molar-refractivity contribution in [2.45, 2.75) is 26.7 Å². The number of allylic oxidation sites excluding steroid dienone is 2. The molecule has 0 saturated heterocycles. The summed E-state index contributed by atoms with van der Waals surface area (Å²) in [5.41, 5.74) is 2.59. The molecule has 0 aliphatic carbocycles. The van der Waals surface area contributed by atoms with Crippen LogP contribution < -0.4 is 0 Å². The average molecular weight is 195 g/mol. The molecule has 0 aliphatic rings. The van der Waals surface area contributed by atoms with Crippen molar-refractivity contribution in [3.05, 3.63) is 40.9 Å². The summed E-state index contributed by atoms with van der Waals surface area (Å²) < 4.78 is 0. The van der Waals surface area contributed by atoms with Gasteiger partial charge in [0.15, 0.2) is 0 Å². The minimum atomic E-state index is 0.798. The van der Waals surface area contributed by atoms with Gasteiger partial charge in [-0.05, 0) is 36.6 Å². The summed E-state index contributed by atoms with van der Waals surface area (Å²) in [6.45, 7) is 4.32. The zero-order chi connectivity index (χ0) is 9.68. The van der Waals surface area contributed by atoms with Gasteiger partial charge in [-0.1, -0.05) is 43.2 Å². The number of benzene rings is 1. The molecule has 0 spiro atoms. The van der Waals surface area contributed by atoms with E-state index < -0.39 is 0 Å². The standard InChI is InChI=1S/C12H15Cl/c1-3-4-5-10(2)11-6-8-12(13)9-7-11/h5-9H,3-4H2,1-2H3. The van der Waals surface area contributed by atoms with Crippen LogP contribution in [0.4, 0.5) is 0 Å². The monoisotopic (exact) mass is 194 g/mol. The van der Waals surface area contributed by atoms with Crippen LogP contribution in [0.5, 0.6) is 0 Å². The van der Waals surface area contributed by atoms with E-state index in [0.717, 1.165) is 11.4 Å². The quantitative estimate of drug-likeness (QED) is 0.663. The molecular weight excluding hydrogens is 180 g/mol. The third-order valence-electron chi connectivity index (χ3n) is 2.04. The Hall–Kier alpha value is -0.750. The highest BCUT2D eigenvalue weighted by Gasteiger charge is 1.94. The van der Waals surface area contributed by atoms with Crippen molar-refractivity contribution in [1.29, 1.82) is 0 Å². The Morgan fingerprint density at radius 1 is 1.31 bits per heavy atom. The number of unbranched alkanes of at least 4 members (excludes halogenated alkanes) is 1. The average Bonchev–Trinajstić information content (AvgIpc) is 2.15. The summed E-state index contributed by atoms with van der Waals surface area (Å²) in [5.74, 6) is 0. The topological polar surface area (TPSA) is 0 Å². The lowest BCUT2D eigenvalue weighted by molar-refractivity contribution is 0.959. The van der Waals surface area contributed by atoms with E-state index in [0.29, 0.717) is 0 Å². The van der Waals surface area contributed by atoms with Crippen LogP contribution in [0.2, 0.25) is 5.02 Å². The smallest absolute Gasteiger partial charge is 0.0406 e. The van der Waals surface area contributed by atoms with Crippen LogP contribution in [0.3, 0.4) is 0 Å². The molecule has 0 radical (unpaired) electrons. The van der Waals surface area contributed by atoms with Gasteiger partial charge >= 0.3 is 0 Å². The molecule has 0 aromatic heterocycles. The summed E-state index contributed by atoms with van der Waals surface area (Å²) in [6, 6.07) is 7.98. The minimum Gasteiger partial charge on any atom is -0.0843 e. The molecule has 0 nitrogen and oxygen atoms in total. The molecule has 0 N–H and O–H groups in total. The largest absolute Gasteiger partial charge is 0.0843 e. The summed E-state index contributed by atoms with van der Waals surface area (Å²) in [4.78, 5) is 0. The first-order valence-corrected chi connectivity index (χ1v) is 5.04. The van der Waals surface area contributed by atoms with E-state index in [1.54, 1.807) is 0 Å². The van der Waals surface area contributed by atoms with Crippen LogP contribution in [0, 0.1) is 0 Å². The Morgan fingerprint density at radius 2 is 1.92 bits per heavy atom. The molecule has 0 saturated carbocycles. The minimum absolute atomic E-state index is 0.798. The predicted molar refractivity (Wildman–Crippen MR) is 60.0 cm³/mol. The zero-order valence-electron chi connectivity index (χ0n) is 8.18. The van der Waals surface area contributed by atoms with Gasteiger partial charge in [0.2, 0.25) is 0 Å². The van der Waals surface area contributed by atoms with Crippen LogP contribution in [-0.2, 0) is 0 Å². The van der Waals surface area contributed by atoms with Crippen LogP contribution in [-0.4, -0.2) is 0 Å². The van der Waals surface area contributed by atoms with Crippen LogP contribution in [0.25, 0.3) is 5.57 Å². The molecule has 0 aliphatic heterocycles. The molecular formula is C12H15Cl. The fraction of sp³-hybridized carbons (Fsp3) is 0.333. The lowest BCUT2D eigenvalue weighted by atomic mass is 10.1. The summed E-state index contributed by atoms with van der Waals surface area (Å²) in [7, 11) is 0. The molecule has 1 rings (SSSR count).